The molecule has 0 unspecified atom stereocenters. The van der Waals surface area contributed by atoms with Crippen LogP contribution in [-0.2, 0) is 10.0 Å². The lowest BCUT2D eigenvalue weighted by molar-refractivity contribution is 0.262. The SMILES string of the molecule is CCCN(C1CCNCC1)S(=O)(=O)c1ccc(C)c2ncccc12. The maximum atomic E-state index is 13.4. The number of nitrogens with zero attached hydrogens (tertiary/aromatic N) is 2. The van der Waals surface area contributed by atoms with E-state index in [1.807, 2.05) is 26.0 Å². The van der Waals surface area contributed by atoms with Crippen molar-refractivity contribution in [2.45, 2.75) is 44.0 Å². The van der Waals surface area contributed by atoms with Crippen molar-refractivity contribution in [2.75, 3.05) is 19.6 Å². The molecule has 130 valence electrons. The molecule has 1 fully saturated rings. The van der Waals surface area contributed by atoms with Gasteiger partial charge in [0.05, 0.1) is 10.4 Å². The standard InChI is InChI=1S/C18H25N3O2S/c1-3-13-21(15-8-11-19-12-9-15)24(22,23)17-7-6-14(2)18-16(17)5-4-10-20-18/h4-7,10,15,19H,3,8-9,11-13H2,1-2H3. The Hall–Kier alpha value is -1.50. The average Bonchev–Trinajstić information content (AvgIpc) is 2.60. The number of fused-ring (bicyclic) bond motifs is 1. The molecule has 1 N–H and O–H groups in total. The molecule has 2 heterocycles. The van der Waals surface area contributed by atoms with Crippen molar-refractivity contribution in [1.29, 1.82) is 0 Å². The summed E-state index contributed by atoms with van der Waals surface area (Å²) in [5.74, 6) is 0. The molecule has 1 aliphatic heterocycles. The van der Waals surface area contributed by atoms with Gasteiger partial charge in [0.1, 0.15) is 0 Å². The van der Waals surface area contributed by atoms with E-state index in [1.165, 1.54) is 0 Å². The van der Waals surface area contributed by atoms with E-state index in [0.717, 1.165) is 43.4 Å². The van der Waals surface area contributed by atoms with Crippen LogP contribution in [0.15, 0.2) is 35.4 Å². The molecule has 6 heteroatoms. The third-order valence-electron chi connectivity index (χ3n) is 4.68. The van der Waals surface area contributed by atoms with Gasteiger partial charge in [-0.1, -0.05) is 13.0 Å². The zero-order chi connectivity index (χ0) is 17.2. The van der Waals surface area contributed by atoms with Crippen LogP contribution in [0.5, 0.6) is 0 Å². The van der Waals surface area contributed by atoms with E-state index < -0.39 is 10.0 Å². The highest BCUT2D eigenvalue weighted by atomic mass is 32.2. The minimum absolute atomic E-state index is 0.0734. The van der Waals surface area contributed by atoms with Crippen LogP contribution in [-0.4, -0.2) is 43.4 Å². The second-order valence-corrected chi connectivity index (χ2v) is 8.24. The molecule has 0 amide bonds. The Labute approximate surface area is 144 Å². The van der Waals surface area contributed by atoms with E-state index in [4.69, 9.17) is 0 Å². The highest BCUT2D eigenvalue weighted by Crippen LogP contribution is 2.29. The third-order valence-corrected chi connectivity index (χ3v) is 6.69. The van der Waals surface area contributed by atoms with E-state index in [2.05, 4.69) is 10.3 Å². The number of sulfonamides is 1. The summed E-state index contributed by atoms with van der Waals surface area (Å²) >= 11 is 0. The molecule has 0 atom stereocenters. The molecule has 5 nitrogen and oxygen atoms in total. The maximum Gasteiger partial charge on any atom is 0.243 e. The largest absolute Gasteiger partial charge is 0.317 e. The summed E-state index contributed by atoms with van der Waals surface area (Å²) < 4.78 is 28.6. The van der Waals surface area contributed by atoms with E-state index in [1.54, 1.807) is 22.6 Å². The number of piperidine rings is 1. The van der Waals surface area contributed by atoms with Crippen LogP contribution in [0, 0.1) is 6.92 Å². The maximum absolute atomic E-state index is 13.4. The van der Waals surface area contributed by atoms with Crippen molar-refractivity contribution < 1.29 is 8.42 Å². The molecule has 24 heavy (non-hydrogen) atoms. The van der Waals surface area contributed by atoms with Crippen molar-refractivity contribution in [3.8, 4) is 0 Å². The Kier molecular flexibility index (Phi) is 5.18. The molecule has 1 aromatic carbocycles. The van der Waals surface area contributed by atoms with Crippen molar-refractivity contribution in [3.63, 3.8) is 0 Å². The molecule has 2 aromatic rings. The summed E-state index contributed by atoms with van der Waals surface area (Å²) in [4.78, 5) is 4.76. The molecule has 3 rings (SSSR count). The molecule has 1 aromatic heterocycles. The van der Waals surface area contributed by atoms with Crippen LogP contribution in [0.1, 0.15) is 31.7 Å². The van der Waals surface area contributed by atoms with Crippen LogP contribution < -0.4 is 5.32 Å². The molecule has 0 aliphatic carbocycles. The van der Waals surface area contributed by atoms with Gasteiger partial charge < -0.3 is 5.32 Å². The number of aryl methyl sites for hydroxylation is 1. The van der Waals surface area contributed by atoms with Gasteiger partial charge in [0, 0.05) is 24.2 Å². The first-order chi connectivity index (χ1) is 11.6. The van der Waals surface area contributed by atoms with Gasteiger partial charge in [-0.05, 0) is 63.0 Å². The minimum atomic E-state index is -3.54. The summed E-state index contributed by atoms with van der Waals surface area (Å²) in [7, 11) is -3.54. The summed E-state index contributed by atoms with van der Waals surface area (Å²) in [6.45, 7) is 6.29. The van der Waals surface area contributed by atoms with E-state index >= 15 is 0 Å². The van der Waals surface area contributed by atoms with Crippen molar-refractivity contribution in [2.24, 2.45) is 0 Å². The second kappa shape index (κ2) is 7.17. The van der Waals surface area contributed by atoms with Gasteiger partial charge in [-0.2, -0.15) is 4.31 Å². The Morgan fingerprint density at radius 2 is 2.00 bits per heavy atom. The van der Waals surface area contributed by atoms with Crippen molar-refractivity contribution in [1.82, 2.24) is 14.6 Å². The first-order valence-electron chi connectivity index (χ1n) is 8.62. The van der Waals surface area contributed by atoms with Gasteiger partial charge in [0.15, 0.2) is 0 Å². The average molecular weight is 347 g/mol. The molecule has 1 saturated heterocycles. The molecule has 0 spiro atoms. The normalized spacial score (nSPS) is 16.8. The van der Waals surface area contributed by atoms with Crippen LogP contribution in [0.2, 0.25) is 0 Å². The second-order valence-electron chi connectivity index (χ2n) is 6.38. The molecule has 0 bridgehead atoms. The fourth-order valence-corrected chi connectivity index (χ4v) is 5.41. The predicted octanol–water partition coefficient (Wildman–Crippen LogP) is 2.70. The first-order valence-corrected chi connectivity index (χ1v) is 10.1. The van der Waals surface area contributed by atoms with Crippen molar-refractivity contribution in [3.05, 3.63) is 36.0 Å². The topological polar surface area (TPSA) is 62.3 Å². The fraction of sp³-hybridized carbons (Fsp3) is 0.500. The van der Waals surface area contributed by atoms with Gasteiger partial charge in [0.25, 0.3) is 0 Å². The molecule has 0 saturated carbocycles. The van der Waals surface area contributed by atoms with Crippen LogP contribution in [0.25, 0.3) is 10.9 Å². The highest BCUT2D eigenvalue weighted by molar-refractivity contribution is 7.89. The van der Waals surface area contributed by atoms with Gasteiger partial charge >= 0.3 is 0 Å². The van der Waals surface area contributed by atoms with Gasteiger partial charge in [-0.3, -0.25) is 4.98 Å². The van der Waals surface area contributed by atoms with Crippen molar-refractivity contribution >= 4 is 20.9 Å². The first kappa shape index (κ1) is 17.3. The van der Waals surface area contributed by atoms with Crippen LogP contribution in [0.3, 0.4) is 0 Å². The molecule has 1 aliphatic rings. The molecule has 0 radical (unpaired) electrons. The van der Waals surface area contributed by atoms with Crippen LogP contribution >= 0.6 is 0 Å². The third kappa shape index (κ3) is 3.18. The Balaban J connectivity index is 2.09. The van der Waals surface area contributed by atoms with E-state index in [0.29, 0.717) is 16.8 Å². The molecular weight excluding hydrogens is 322 g/mol. The van der Waals surface area contributed by atoms with Gasteiger partial charge in [-0.15, -0.1) is 0 Å². The lowest BCUT2D eigenvalue weighted by Gasteiger charge is -2.33. The Morgan fingerprint density at radius 3 is 2.71 bits per heavy atom. The smallest absolute Gasteiger partial charge is 0.243 e. The van der Waals surface area contributed by atoms with Gasteiger partial charge in [0.2, 0.25) is 10.0 Å². The zero-order valence-corrected chi connectivity index (χ0v) is 15.1. The van der Waals surface area contributed by atoms with Crippen LogP contribution in [0.4, 0.5) is 0 Å². The Morgan fingerprint density at radius 1 is 1.25 bits per heavy atom. The van der Waals surface area contributed by atoms with E-state index in [9.17, 15) is 8.42 Å². The number of pyridine rings is 1. The van der Waals surface area contributed by atoms with E-state index in [-0.39, 0.29) is 6.04 Å². The summed E-state index contributed by atoms with van der Waals surface area (Å²) in [5, 5.41) is 4.02. The lowest BCUT2D eigenvalue weighted by Crippen LogP contribution is -2.46. The number of benzene rings is 1. The summed E-state index contributed by atoms with van der Waals surface area (Å²) in [5.41, 5.74) is 1.76. The lowest BCUT2D eigenvalue weighted by atomic mass is 10.1. The Bertz CT molecular complexity index is 814. The number of hydrogen-bond acceptors (Lipinski definition) is 4. The fourth-order valence-electron chi connectivity index (χ4n) is 3.45. The predicted molar refractivity (Wildman–Crippen MR) is 96.6 cm³/mol. The quantitative estimate of drug-likeness (QED) is 0.903. The number of nitrogens with one attached hydrogen (secondary N) is 1. The van der Waals surface area contributed by atoms with Gasteiger partial charge in [-0.25, -0.2) is 8.42 Å². The zero-order valence-electron chi connectivity index (χ0n) is 14.3. The monoisotopic (exact) mass is 347 g/mol. The number of aromatic nitrogens is 1. The number of hydrogen-bond donors (Lipinski definition) is 1. The summed E-state index contributed by atoms with van der Waals surface area (Å²) in [6, 6.07) is 7.32. The highest BCUT2D eigenvalue weighted by Gasteiger charge is 2.32. The summed E-state index contributed by atoms with van der Waals surface area (Å²) in [6.07, 6.45) is 4.25. The molecular formula is C18H25N3O2S. The minimum Gasteiger partial charge on any atom is -0.317 e. The number of rotatable bonds is 5.